The Morgan fingerprint density at radius 1 is 0.933 bits per heavy atom. The van der Waals surface area contributed by atoms with Crippen molar-refractivity contribution in [3.8, 4) is 0 Å². The van der Waals surface area contributed by atoms with Gasteiger partial charge in [-0.3, -0.25) is 9.59 Å². The average molecular weight is 430 g/mol. The molecule has 1 saturated carbocycles. The molecule has 0 heterocycles. The van der Waals surface area contributed by atoms with Crippen molar-refractivity contribution in [1.29, 1.82) is 0 Å². The van der Waals surface area contributed by atoms with Crippen molar-refractivity contribution in [2.75, 3.05) is 19.4 Å². The summed E-state index contributed by atoms with van der Waals surface area (Å²) >= 11 is 0. The maximum absolute atomic E-state index is 13.1. The lowest BCUT2D eigenvalue weighted by atomic mass is 9.96. The fourth-order valence-corrected chi connectivity index (χ4v) is 5.12. The first-order valence-electron chi connectivity index (χ1n) is 10.0. The second-order valence-electron chi connectivity index (χ2n) is 7.45. The lowest BCUT2D eigenvalue weighted by Gasteiger charge is -2.30. The summed E-state index contributed by atoms with van der Waals surface area (Å²) in [6, 6.07) is 12.5. The van der Waals surface area contributed by atoms with E-state index < -0.39 is 15.9 Å². The molecule has 0 spiro atoms. The lowest BCUT2D eigenvalue weighted by Crippen LogP contribution is -2.38. The Balaban J connectivity index is 1.75. The van der Waals surface area contributed by atoms with Crippen LogP contribution in [0.5, 0.6) is 0 Å². The third-order valence-electron chi connectivity index (χ3n) is 5.49. The molecule has 1 fully saturated rings. The lowest BCUT2D eigenvalue weighted by molar-refractivity contribution is 0.0962. The Hall–Kier alpha value is -2.71. The second kappa shape index (κ2) is 9.40. The normalized spacial score (nSPS) is 15.0. The van der Waals surface area contributed by atoms with Crippen LogP contribution in [-0.4, -0.2) is 44.7 Å². The minimum absolute atomic E-state index is 0.0000631. The Kier molecular flexibility index (Phi) is 6.89. The van der Waals surface area contributed by atoms with Crippen molar-refractivity contribution in [2.45, 2.75) is 43.0 Å². The number of hydrogen-bond donors (Lipinski definition) is 2. The number of carbonyl (C=O) groups excluding carboxylic acids is 2. The number of carbonyl (C=O) groups is 2. The maximum atomic E-state index is 13.1. The van der Waals surface area contributed by atoms with Gasteiger partial charge in [0.25, 0.3) is 11.8 Å². The smallest absolute Gasteiger partial charge is 0.255 e. The van der Waals surface area contributed by atoms with E-state index in [1.165, 1.54) is 16.4 Å². The molecule has 2 amide bonds. The Labute approximate surface area is 177 Å². The van der Waals surface area contributed by atoms with Gasteiger partial charge in [-0.1, -0.05) is 25.3 Å². The summed E-state index contributed by atoms with van der Waals surface area (Å²) in [5, 5.41) is 5.27. The summed E-state index contributed by atoms with van der Waals surface area (Å²) in [5.41, 5.74) is 1.25. The van der Waals surface area contributed by atoms with Gasteiger partial charge in [-0.05, 0) is 55.3 Å². The van der Waals surface area contributed by atoms with Crippen molar-refractivity contribution in [3.05, 3.63) is 59.7 Å². The summed E-state index contributed by atoms with van der Waals surface area (Å²) in [6.07, 6.45) is 4.94. The van der Waals surface area contributed by atoms with Crippen LogP contribution in [0.25, 0.3) is 0 Å². The summed E-state index contributed by atoms with van der Waals surface area (Å²) in [6.45, 7) is 0. The van der Waals surface area contributed by atoms with E-state index in [1.807, 2.05) is 0 Å². The van der Waals surface area contributed by atoms with E-state index in [4.69, 9.17) is 0 Å². The van der Waals surface area contributed by atoms with Crippen LogP contribution < -0.4 is 10.6 Å². The van der Waals surface area contributed by atoms with E-state index in [1.54, 1.807) is 50.5 Å². The molecule has 0 aromatic heterocycles. The molecular formula is C22H27N3O4S. The number of hydrogen-bond acceptors (Lipinski definition) is 4. The van der Waals surface area contributed by atoms with Crippen LogP contribution in [0.1, 0.15) is 52.8 Å². The van der Waals surface area contributed by atoms with E-state index in [0.29, 0.717) is 11.3 Å². The van der Waals surface area contributed by atoms with Gasteiger partial charge in [0.2, 0.25) is 10.0 Å². The van der Waals surface area contributed by atoms with Gasteiger partial charge in [-0.15, -0.1) is 0 Å². The summed E-state index contributed by atoms with van der Waals surface area (Å²) < 4.78 is 27.5. The van der Waals surface area contributed by atoms with Gasteiger partial charge in [-0.2, -0.15) is 4.31 Å². The number of anilines is 1. The number of nitrogens with one attached hydrogen (secondary N) is 2. The highest BCUT2D eigenvalue weighted by atomic mass is 32.2. The quantitative estimate of drug-likeness (QED) is 0.737. The summed E-state index contributed by atoms with van der Waals surface area (Å²) in [7, 11) is -0.513. The van der Waals surface area contributed by atoms with Crippen molar-refractivity contribution >= 4 is 27.5 Å². The molecule has 0 radical (unpaired) electrons. The van der Waals surface area contributed by atoms with Crippen LogP contribution >= 0.6 is 0 Å². The molecule has 1 aliphatic rings. The minimum Gasteiger partial charge on any atom is -0.355 e. The molecule has 0 bridgehead atoms. The topological polar surface area (TPSA) is 95.6 Å². The van der Waals surface area contributed by atoms with Gasteiger partial charge in [-0.25, -0.2) is 8.42 Å². The summed E-state index contributed by atoms with van der Waals surface area (Å²) in [5.74, 6) is -0.632. The number of amides is 2. The van der Waals surface area contributed by atoms with Crippen LogP contribution in [0.15, 0.2) is 53.4 Å². The van der Waals surface area contributed by atoms with Gasteiger partial charge in [0.1, 0.15) is 0 Å². The number of nitrogens with zero attached hydrogens (tertiary/aromatic N) is 1. The average Bonchev–Trinajstić information content (AvgIpc) is 2.79. The van der Waals surface area contributed by atoms with Gasteiger partial charge >= 0.3 is 0 Å². The zero-order valence-electron chi connectivity index (χ0n) is 17.2. The minimum atomic E-state index is -3.68. The molecule has 1 aliphatic carbocycles. The first-order chi connectivity index (χ1) is 14.3. The highest BCUT2D eigenvalue weighted by Gasteiger charge is 2.29. The fraction of sp³-hybridized carbons (Fsp3) is 0.364. The number of benzene rings is 2. The fourth-order valence-electron chi connectivity index (χ4n) is 3.66. The van der Waals surface area contributed by atoms with Gasteiger partial charge < -0.3 is 10.6 Å². The molecular weight excluding hydrogens is 402 g/mol. The van der Waals surface area contributed by atoms with Gasteiger partial charge in [0, 0.05) is 37.0 Å². The zero-order valence-corrected chi connectivity index (χ0v) is 18.0. The predicted molar refractivity (Wildman–Crippen MR) is 116 cm³/mol. The molecule has 2 aromatic carbocycles. The van der Waals surface area contributed by atoms with Gasteiger partial charge in [0.15, 0.2) is 0 Å². The Bertz CT molecular complexity index is 1010. The number of rotatable bonds is 6. The highest BCUT2D eigenvalue weighted by Crippen LogP contribution is 2.27. The molecule has 30 heavy (non-hydrogen) atoms. The van der Waals surface area contributed by atoms with Crippen LogP contribution in [0, 0.1) is 0 Å². The van der Waals surface area contributed by atoms with Crippen LogP contribution in [-0.2, 0) is 10.0 Å². The summed E-state index contributed by atoms with van der Waals surface area (Å²) in [4.78, 5) is 24.4. The molecule has 0 aliphatic heterocycles. The molecule has 2 aromatic rings. The Morgan fingerprint density at radius 3 is 2.23 bits per heavy atom. The Morgan fingerprint density at radius 2 is 1.60 bits per heavy atom. The maximum Gasteiger partial charge on any atom is 0.255 e. The van der Waals surface area contributed by atoms with E-state index in [-0.39, 0.29) is 22.4 Å². The van der Waals surface area contributed by atoms with Gasteiger partial charge in [0.05, 0.1) is 4.90 Å². The van der Waals surface area contributed by atoms with Crippen molar-refractivity contribution in [1.82, 2.24) is 9.62 Å². The largest absolute Gasteiger partial charge is 0.355 e. The van der Waals surface area contributed by atoms with Crippen molar-refractivity contribution in [2.24, 2.45) is 0 Å². The van der Waals surface area contributed by atoms with Crippen molar-refractivity contribution in [3.63, 3.8) is 0 Å². The van der Waals surface area contributed by atoms with Crippen molar-refractivity contribution < 1.29 is 18.0 Å². The molecule has 0 atom stereocenters. The molecule has 2 N–H and O–H groups in total. The SMILES string of the molecule is CNC(=O)c1ccc(NC(=O)c2cccc(S(=O)(=O)N(C)C3CCCCC3)c2)cc1. The third-order valence-corrected chi connectivity index (χ3v) is 7.40. The monoisotopic (exact) mass is 429 g/mol. The third kappa shape index (κ3) is 4.88. The van der Waals surface area contributed by atoms with E-state index in [9.17, 15) is 18.0 Å². The predicted octanol–water partition coefficient (Wildman–Crippen LogP) is 3.25. The first-order valence-corrected chi connectivity index (χ1v) is 11.5. The van der Waals surface area contributed by atoms with Crippen LogP contribution in [0.2, 0.25) is 0 Å². The molecule has 3 rings (SSSR count). The molecule has 160 valence electrons. The van der Waals surface area contributed by atoms with E-state index in [0.717, 1.165) is 32.1 Å². The van der Waals surface area contributed by atoms with E-state index >= 15 is 0 Å². The van der Waals surface area contributed by atoms with Crippen LogP contribution in [0.3, 0.4) is 0 Å². The molecule has 0 saturated heterocycles. The second-order valence-corrected chi connectivity index (χ2v) is 9.45. The van der Waals surface area contributed by atoms with E-state index in [2.05, 4.69) is 10.6 Å². The van der Waals surface area contributed by atoms with Crippen LogP contribution in [0.4, 0.5) is 5.69 Å². The molecule has 7 nitrogen and oxygen atoms in total. The first kappa shape index (κ1) is 22.0. The standard InChI is InChI=1S/C22H27N3O4S/c1-23-21(26)16-11-13-18(14-12-16)24-22(27)17-7-6-10-20(15-17)30(28,29)25(2)19-8-4-3-5-9-19/h6-7,10-15,19H,3-5,8-9H2,1-2H3,(H,23,26)(H,24,27). The number of sulfonamides is 1. The molecule has 0 unspecified atom stereocenters. The zero-order chi connectivity index (χ0) is 21.7. The highest BCUT2D eigenvalue weighted by molar-refractivity contribution is 7.89. The molecule has 8 heteroatoms.